The molecule has 3 amide bonds. The minimum absolute atomic E-state index is 0.0228. The van der Waals surface area contributed by atoms with Crippen LogP contribution in [0.1, 0.15) is 38.0 Å². The molecule has 0 unspecified atom stereocenters. The van der Waals surface area contributed by atoms with Gasteiger partial charge in [0.05, 0.1) is 26.4 Å². The van der Waals surface area contributed by atoms with Gasteiger partial charge in [-0.1, -0.05) is 0 Å². The van der Waals surface area contributed by atoms with E-state index in [0.29, 0.717) is 64.0 Å². The van der Waals surface area contributed by atoms with Gasteiger partial charge in [0, 0.05) is 58.0 Å². The Balaban J connectivity index is 2.01. The lowest BCUT2D eigenvalue weighted by atomic mass is 10.4. The predicted octanol–water partition coefficient (Wildman–Crippen LogP) is 0.161. The molecule has 0 aliphatic heterocycles. The van der Waals surface area contributed by atoms with Crippen LogP contribution in [-0.2, 0) is 38.6 Å². The maximum atomic E-state index is 12.4. The Morgan fingerprint density at radius 1 is 0.833 bits per heavy atom. The zero-order chi connectivity index (χ0) is 26.8. The highest BCUT2D eigenvalue weighted by atomic mass is 32.2. The van der Waals surface area contributed by atoms with Crippen LogP contribution < -0.4 is 20.7 Å². The highest BCUT2D eigenvalue weighted by molar-refractivity contribution is 7.89. The van der Waals surface area contributed by atoms with Crippen LogP contribution in [0.5, 0.6) is 0 Å². The molecule has 0 aliphatic carbocycles. The summed E-state index contributed by atoms with van der Waals surface area (Å²) in [5.41, 5.74) is 0. The van der Waals surface area contributed by atoms with E-state index in [9.17, 15) is 22.8 Å². The molecule has 4 N–H and O–H groups in total. The first-order chi connectivity index (χ1) is 17.1. The number of carbonyl (C=O) groups excluding carboxylic acids is 3. The molecule has 0 aliphatic rings. The van der Waals surface area contributed by atoms with Crippen LogP contribution in [0.25, 0.3) is 0 Å². The molecule has 0 aromatic carbocycles. The average molecular weight is 552 g/mol. The number of anilines is 1. The van der Waals surface area contributed by atoms with Crippen LogP contribution in [0.15, 0.2) is 5.03 Å². The lowest BCUT2D eigenvalue weighted by Crippen LogP contribution is -2.32. The third-order valence-corrected chi connectivity index (χ3v) is 6.81. The topological polar surface area (TPSA) is 174 Å². The summed E-state index contributed by atoms with van der Waals surface area (Å²) in [5.74, 6) is -0.679. The summed E-state index contributed by atoms with van der Waals surface area (Å²) in [5, 5.41) is 7.89. The predicted molar refractivity (Wildman–Crippen MR) is 134 cm³/mol. The van der Waals surface area contributed by atoms with Crippen molar-refractivity contribution in [2.24, 2.45) is 0 Å². The van der Waals surface area contributed by atoms with Gasteiger partial charge in [0.25, 0.3) is 10.0 Å². The number of amides is 3. The number of thiazole rings is 1. The molecule has 0 saturated heterocycles. The fourth-order valence-corrected chi connectivity index (χ4v) is 5.04. The van der Waals surface area contributed by atoms with Gasteiger partial charge in [0.2, 0.25) is 17.7 Å². The molecule has 0 atom stereocenters. The van der Waals surface area contributed by atoms with Gasteiger partial charge in [-0.2, -0.15) is 0 Å². The smallest absolute Gasteiger partial charge is 0.259 e. The first kappa shape index (κ1) is 31.9. The number of sulfonamides is 1. The van der Waals surface area contributed by atoms with E-state index in [1.54, 1.807) is 6.92 Å². The largest absolute Gasteiger partial charge is 0.379 e. The molecular weight excluding hydrogens is 514 g/mol. The third-order valence-electron chi connectivity index (χ3n) is 4.31. The van der Waals surface area contributed by atoms with Crippen molar-refractivity contribution in [2.45, 2.75) is 45.1 Å². The number of ether oxygens (including phenoxy) is 3. The van der Waals surface area contributed by atoms with E-state index in [1.807, 2.05) is 0 Å². The van der Waals surface area contributed by atoms with Crippen molar-refractivity contribution in [3.63, 3.8) is 0 Å². The quantitative estimate of drug-likeness (QED) is 0.165. The van der Waals surface area contributed by atoms with Crippen molar-refractivity contribution in [1.82, 2.24) is 20.3 Å². The van der Waals surface area contributed by atoms with Crippen molar-refractivity contribution < 1.29 is 37.0 Å². The number of nitrogens with one attached hydrogen (secondary N) is 4. The number of hydrogen-bond acceptors (Lipinski definition) is 10. The molecule has 0 spiro atoms. The molecule has 0 fully saturated rings. The second-order valence-corrected chi connectivity index (χ2v) is 10.5. The Hall–Kier alpha value is -2.17. The molecule has 0 saturated carbocycles. The standard InChI is InChI=1S/C21H37N5O8S2/c1-16-20(26-21(35-16)25-18(3)28)36(30,31)24-9-6-19(29)23-8-5-11-33-13-15-34-14-12-32-10-4-7-22-17(2)27/h24H,4-15H2,1-3H3,(H,22,27)(H,23,29)(H,25,26,28). The lowest BCUT2D eigenvalue weighted by molar-refractivity contribution is -0.121. The summed E-state index contributed by atoms with van der Waals surface area (Å²) in [7, 11) is -3.89. The summed E-state index contributed by atoms with van der Waals surface area (Å²) >= 11 is 1.06. The maximum Gasteiger partial charge on any atom is 0.259 e. The van der Waals surface area contributed by atoms with E-state index in [0.717, 1.165) is 17.8 Å². The maximum absolute atomic E-state index is 12.4. The van der Waals surface area contributed by atoms with E-state index >= 15 is 0 Å². The minimum Gasteiger partial charge on any atom is -0.379 e. The van der Waals surface area contributed by atoms with Crippen LogP contribution in [0, 0.1) is 6.92 Å². The Bertz CT molecular complexity index is 923. The van der Waals surface area contributed by atoms with E-state index < -0.39 is 10.0 Å². The summed E-state index contributed by atoms with van der Waals surface area (Å²) in [6, 6.07) is 0. The molecule has 1 aromatic rings. The van der Waals surface area contributed by atoms with Gasteiger partial charge in [-0.25, -0.2) is 18.1 Å². The summed E-state index contributed by atoms with van der Waals surface area (Å²) in [6.45, 7) is 8.12. The van der Waals surface area contributed by atoms with Gasteiger partial charge < -0.3 is 30.2 Å². The first-order valence-corrected chi connectivity index (χ1v) is 13.9. The zero-order valence-corrected chi connectivity index (χ0v) is 22.6. The van der Waals surface area contributed by atoms with Gasteiger partial charge in [0.15, 0.2) is 10.2 Å². The number of hydrogen-bond donors (Lipinski definition) is 4. The van der Waals surface area contributed by atoms with Crippen LogP contribution >= 0.6 is 11.3 Å². The molecule has 1 rings (SSSR count). The molecule has 0 radical (unpaired) electrons. The van der Waals surface area contributed by atoms with E-state index in [1.165, 1.54) is 13.8 Å². The monoisotopic (exact) mass is 551 g/mol. The second-order valence-electron chi connectivity index (χ2n) is 7.59. The van der Waals surface area contributed by atoms with Crippen LogP contribution in [0.3, 0.4) is 0 Å². The number of rotatable bonds is 20. The summed E-state index contributed by atoms with van der Waals surface area (Å²) < 4.78 is 43.3. The van der Waals surface area contributed by atoms with Gasteiger partial charge in [-0.3, -0.25) is 14.4 Å². The number of aryl methyl sites for hydroxylation is 1. The van der Waals surface area contributed by atoms with E-state index in [-0.39, 0.29) is 40.8 Å². The second kappa shape index (κ2) is 18.1. The number of nitrogens with zero attached hydrogens (tertiary/aromatic N) is 1. The first-order valence-electron chi connectivity index (χ1n) is 11.6. The van der Waals surface area contributed by atoms with Crippen molar-refractivity contribution in [3.8, 4) is 0 Å². The van der Waals surface area contributed by atoms with E-state index in [2.05, 4.69) is 25.7 Å². The Morgan fingerprint density at radius 3 is 1.94 bits per heavy atom. The van der Waals surface area contributed by atoms with Crippen molar-refractivity contribution in [3.05, 3.63) is 4.88 Å². The molecule has 1 aromatic heterocycles. The van der Waals surface area contributed by atoms with Crippen molar-refractivity contribution in [1.29, 1.82) is 0 Å². The minimum atomic E-state index is -3.89. The molecule has 206 valence electrons. The number of carbonyl (C=O) groups is 3. The molecule has 1 heterocycles. The van der Waals surface area contributed by atoms with Gasteiger partial charge in [-0.15, -0.1) is 11.3 Å². The average Bonchev–Trinajstić information content (AvgIpc) is 3.16. The Labute approximate surface area is 216 Å². The molecule has 0 bridgehead atoms. The van der Waals surface area contributed by atoms with Crippen LogP contribution in [-0.4, -0.2) is 90.4 Å². The fourth-order valence-electron chi connectivity index (χ4n) is 2.67. The zero-order valence-electron chi connectivity index (χ0n) is 21.0. The van der Waals surface area contributed by atoms with E-state index in [4.69, 9.17) is 14.2 Å². The summed E-state index contributed by atoms with van der Waals surface area (Å²) in [4.78, 5) is 38.1. The van der Waals surface area contributed by atoms with Crippen molar-refractivity contribution in [2.75, 3.05) is 64.6 Å². The normalized spacial score (nSPS) is 11.3. The van der Waals surface area contributed by atoms with Gasteiger partial charge in [-0.05, 0) is 19.8 Å². The SMILES string of the molecule is CC(=O)NCCCOCCOCCOCCCNC(=O)CCNS(=O)(=O)c1nc(NC(C)=O)sc1C. The Morgan fingerprint density at radius 2 is 1.39 bits per heavy atom. The molecule has 36 heavy (non-hydrogen) atoms. The highest BCUT2D eigenvalue weighted by Crippen LogP contribution is 2.25. The lowest BCUT2D eigenvalue weighted by Gasteiger charge is -2.08. The molecule has 13 nitrogen and oxygen atoms in total. The van der Waals surface area contributed by atoms with Gasteiger partial charge >= 0.3 is 0 Å². The van der Waals surface area contributed by atoms with Crippen LogP contribution in [0.4, 0.5) is 5.13 Å². The highest BCUT2D eigenvalue weighted by Gasteiger charge is 2.22. The fraction of sp³-hybridized carbons (Fsp3) is 0.714. The van der Waals surface area contributed by atoms with Gasteiger partial charge in [0.1, 0.15) is 0 Å². The third kappa shape index (κ3) is 15.1. The van der Waals surface area contributed by atoms with Crippen LogP contribution in [0.2, 0.25) is 0 Å². The Kier molecular flexibility index (Phi) is 16.0. The van der Waals surface area contributed by atoms with Crippen molar-refractivity contribution >= 4 is 44.2 Å². The summed E-state index contributed by atoms with van der Waals surface area (Å²) in [6.07, 6.45) is 1.34. The molecular formula is C21H37N5O8S2. The molecule has 15 heteroatoms. The number of aromatic nitrogens is 1.